The zero-order chi connectivity index (χ0) is 12.0. The van der Waals surface area contributed by atoms with Gasteiger partial charge in [0.05, 0.1) is 6.61 Å². The second kappa shape index (κ2) is 6.46. The van der Waals surface area contributed by atoms with Crippen LogP contribution in [0, 0.1) is 0 Å². The standard InChI is InChI=1S/C8H14O7/c1-2-15-8(14)7(13)6(12)5(11)4(10)3-9/h3-7,10-13H,2H2,1H3/t4-,5+,6+,7-/m0/s1. The van der Waals surface area contributed by atoms with Crippen molar-refractivity contribution < 1.29 is 34.8 Å². The first-order valence-electron chi connectivity index (χ1n) is 4.29. The van der Waals surface area contributed by atoms with E-state index in [9.17, 15) is 9.59 Å². The number of rotatable bonds is 6. The first-order valence-corrected chi connectivity index (χ1v) is 4.29. The number of aliphatic hydroxyl groups excluding tert-OH is 4. The van der Waals surface area contributed by atoms with Gasteiger partial charge >= 0.3 is 5.97 Å². The molecular weight excluding hydrogens is 208 g/mol. The molecule has 0 saturated carbocycles. The van der Waals surface area contributed by atoms with Crippen molar-refractivity contribution in [2.24, 2.45) is 0 Å². The number of hydrogen-bond donors (Lipinski definition) is 4. The lowest BCUT2D eigenvalue weighted by Gasteiger charge is -2.22. The van der Waals surface area contributed by atoms with Crippen molar-refractivity contribution in [1.29, 1.82) is 0 Å². The van der Waals surface area contributed by atoms with E-state index in [1.54, 1.807) is 0 Å². The van der Waals surface area contributed by atoms with Crippen molar-refractivity contribution in [3.05, 3.63) is 0 Å². The summed E-state index contributed by atoms with van der Waals surface area (Å²) in [7, 11) is 0. The van der Waals surface area contributed by atoms with E-state index in [0.29, 0.717) is 0 Å². The smallest absolute Gasteiger partial charge is 0.337 e. The minimum absolute atomic E-state index is 0.00502. The van der Waals surface area contributed by atoms with Crippen LogP contribution in [0.4, 0.5) is 0 Å². The number of carbonyl (C=O) groups excluding carboxylic acids is 2. The average Bonchev–Trinajstić information content (AvgIpc) is 2.25. The van der Waals surface area contributed by atoms with Crippen LogP contribution >= 0.6 is 0 Å². The third-order valence-electron chi connectivity index (χ3n) is 1.69. The lowest BCUT2D eigenvalue weighted by atomic mass is 10.0. The van der Waals surface area contributed by atoms with E-state index in [4.69, 9.17) is 20.4 Å². The predicted molar refractivity (Wildman–Crippen MR) is 46.7 cm³/mol. The molecule has 88 valence electrons. The van der Waals surface area contributed by atoms with Crippen LogP contribution in [0.3, 0.4) is 0 Å². The molecule has 7 heteroatoms. The van der Waals surface area contributed by atoms with Crippen LogP contribution in [0.1, 0.15) is 6.92 Å². The van der Waals surface area contributed by atoms with Gasteiger partial charge in [-0.25, -0.2) is 4.79 Å². The van der Waals surface area contributed by atoms with Gasteiger partial charge in [-0.15, -0.1) is 0 Å². The van der Waals surface area contributed by atoms with Crippen LogP contribution in [0.2, 0.25) is 0 Å². The summed E-state index contributed by atoms with van der Waals surface area (Å²) in [5.41, 5.74) is 0. The molecule has 0 fully saturated rings. The van der Waals surface area contributed by atoms with E-state index >= 15 is 0 Å². The highest BCUT2D eigenvalue weighted by Crippen LogP contribution is 2.05. The van der Waals surface area contributed by atoms with Gasteiger partial charge in [0.2, 0.25) is 0 Å². The lowest BCUT2D eigenvalue weighted by Crippen LogP contribution is -2.48. The fourth-order valence-corrected chi connectivity index (χ4v) is 0.836. The number of ether oxygens (including phenoxy) is 1. The van der Waals surface area contributed by atoms with Crippen molar-refractivity contribution in [3.63, 3.8) is 0 Å². The molecule has 0 aromatic carbocycles. The van der Waals surface area contributed by atoms with E-state index < -0.39 is 30.4 Å². The molecule has 7 nitrogen and oxygen atoms in total. The molecule has 0 unspecified atom stereocenters. The maximum Gasteiger partial charge on any atom is 0.337 e. The van der Waals surface area contributed by atoms with Crippen LogP contribution in [0.25, 0.3) is 0 Å². The summed E-state index contributed by atoms with van der Waals surface area (Å²) < 4.78 is 4.36. The SMILES string of the molecule is CCOC(=O)[C@@H](O)[C@H](O)[C@H](O)[C@@H](O)C=O. The van der Waals surface area contributed by atoms with Crippen molar-refractivity contribution >= 4 is 12.3 Å². The van der Waals surface area contributed by atoms with Gasteiger partial charge in [-0.3, -0.25) is 0 Å². The number of aliphatic hydroxyl groups is 4. The molecule has 0 heterocycles. The summed E-state index contributed by atoms with van der Waals surface area (Å²) in [5, 5.41) is 36.2. The van der Waals surface area contributed by atoms with E-state index in [-0.39, 0.29) is 12.9 Å². The molecule has 4 N–H and O–H groups in total. The van der Waals surface area contributed by atoms with E-state index in [0.717, 1.165) is 0 Å². The molecule has 0 aliphatic carbocycles. The van der Waals surface area contributed by atoms with Crippen molar-refractivity contribution in [1.82, 2.24) is 0 Å². The molecule has 0 aliphatic rings. The molecular formula is C8H14O7. The third-order valence-corrected chi connectivity index (χ3v) is 1.69. The monoisotopic (exact) mass is 222 g/mol. The molecule has 0 saturated heterocycles. The van der Waals surface area contributed by atoms with E-state index in [2.05, 4.69) is 4.74 Å². The molecule has 0 amide bonds. The van der Waals surface area contributed by atoms with E-state index in [1.807, 2.05) is 0 Å². The third kappa shape index (κ3) is 3.92. The van der Waals surface area contributed by atoms with Gasteiger partial charge in [0.15, 0.2) is 12.4 Å². The molecule has 4 atom stereocenters. The Labute approximate surface area is 85.9 Å². The second-order valence-corrected chi connectivity index (χ2v) is 2.80. The van der Waals surface area contributed by atoms with Crippen molar-refractivity contribution in [2.75, 3.05) is 6.61 Å². The maximum atomic E-state index is 10.9. The molecule has 0 spiro atoms. The number of esters is 1. The number of hydrogen-bond acceptors (Lipinski definition) is 7. The molecule has 0 rings (SSSR count). The first-order chi connectivity index (χ1) is 6.95. The molecule has 0 radical (unpaired) electrons. The quantitative estimate of drug-likeness (QED) is 0.282. The van der Waals surface area contributed by atoms with Gasteiger partial charge in [0, 0.05) is 0 Å². The number of carbonyl (C=O) groups is 2. The van der Waals surface area contributed by atoms with Crippen LogP contribution in [-0.2, 0) is 14.3 Å². The highest BCUT2D eigenvalue weighted by Gasteiger charge is 2.34. The lowest BCUT2D eigenvalue weighted by molar-refractivity contribution is -0.169. The molecule has 0 aliphatic heterocycles. The predicted octanol–water partition coefficient (Wildman–Crippen LogP) is -2.81. The Morgan fingerprint density at radius 2 is 1.80 bits per heavy atom. The Hall–Kier alpha value is -1.02. The molecule has 0 aromatic rings. The van der Waals surface area contributed by atoms with Gasteiger partial charge in [-0.1, -0.05) is 0 Å². The Morgan fingerprint density at radius 3 is 2.20 bits per heavy atom. The van der Waals surface area contributed by atoms with Gasteiger partial charge in [0.25, 0.3) is 0 Å². The largest absolute Gasteiger partial charge is 0.464 e. The zero-order valence-corrected chi connectivity index (χ0v) is 8.11. The van der Waals surface area contributed by atoms with Gasteiger partial charge in [-0.05, 0) is 6.92 Å². The first kappa shape index (κ1) is 14.0. The Morgan fingerprint density at radius 1 is 1.27 bits per heavy atom. The fraction of sp³-hybridized carbons (Fsp3) is 0.750. The molecule has 0 bridgehead atoms. The summed E-state index contributed by atoms with van der Waals surface area (Å²) in [5.74, 6) is -1.14. The summed E-state index contributed by atoms with van der Waals surface area (Å²) >= 11 is 0. The minimum atomic E-state index is -2.01. The summed E-state index contributed by atoms with van der Waals surface area (Å²) in [6.45, 7) is 1.49. The molecule has 15 heavy (non-hydrogen) atoms. The fourth-order valence-electron chi connectivity index (χ4n) is 0.836. The normalized spacial score (nSPS) is 18.7. The Balaban J connectivity index is 4.35. The van der Waals surface area contributed by atoms with Crippen LogP contribution < -0.4 is 0 Å². The van der Waals surface area contributed by atoms with Crippen LogP contribution in [-0.4, -0.2) is 63.7 Å². The highest BCUT2D eigenvalue weighted by molar-refractivity contribution is 5.75. The average molecular weight is 222 g/mol. The second-order valence-electron chi connectivity index (χ2n) is 2.80. The van der Waals surface area contributed by atoms with Gasteiger partial charge in [0.1, 0.15) is 18.3 Å². The highest BCUT2D eigenvalue weighted by atomic mass is 16.5. The van der Waals surface area contributed by atoms with Crippen molar-refractivity contribution in [2.45, 2.75) is 31.3 Å². The zero-order valence-electron chi connectivity index (χ0n) is 8.11. The summed E-state index contributed by atoms with van der Waals surface area (Å²) in [4.78, 5) is 20.9. The summed E-state index contributed by atoms with van der Waals surface area (Å²) in [6, 6.07) is 0. The topological polar surface area (TPSA) is 124 Å². The Bertz CT molecular complexity index is 217. The van der Waals surface area contributed by atoms with Gasteiger partial charge in [-0.2, -0.15) is 0 Å². The van der Waals surface area contributed by atoms with Crippen LogP contribution in [0.15, 0.2) is 0 Å². The molecule has 0 aromatic heterocycles. The van der Waals surface area contributed by atoms with Crippen LogP contribution in [0.5, 0.6) is 0 Å². The van der Waals surface area contributed by atoms with E-state index in [1.165, 1.54) is 6.92 Å². The summed E-state index contributed by atoms with van der Waals surface area (Å²) in [6.07, 6.45) is -7.82. The Kier molecular flexibility index (Phi) is 6.02. The number of aldehydes is 1. The maximum absolute atomic E-state index is 10.9. The van der Waals surface area contributed by atoms with Gasteiger partial charge < -0.3 is 30.0 Å². The van der Waals surface area contributed by atoms with Crippen molar-refractivity contribution in [3.8, 4) is 0 Å². The minimum Gasteiger partial charge on any atom is -0.464 e.